The van der Waals surface area contributed by atoms with Gasteiger partial charge in [0.25, 0.3) is 0 Å². The van der Waals surface area contributed by atoms with Gasteiger partial charge in [-0.15, -0.1) is 5.10 Å². The summed E-state index contributed by atoms with van der Waals surface area (Å²) in [5.74, 6) is 1.31. The zero-order valence-electron chi connectivity index (χ0n) is 23.3. The topological polar surface area (TPSA) is 59.3 Å². The smallest absolute Gasteiger partial charge is 0.416 e. The predicted octanol–water partition coefficient (Wildman–Crippen LogP) is 5.73. The summed E-state index contributed by atoms with van der Waals surface area (Å²) in [5, 5.41) is 12.6. The van der Waals surface area contributed by atoms with Crippen LogP contribution in [0, 0.1) is 13.8 Å². The number of piperazine rings is 1. The minimum Gasteiger partial charge on any atom is -0.497 e. The van der Waals surface area contributed by atoms with E-state index < -0.39 is 17.8 Å². The van der Waals surface area contributed by atoms with Crippen molar-refractivity contribution >= 4 is 6.08 Å². The quantitative estimate of drug-likeness (QED) is 0.274. The monoisotopic (exact) mass is 562 g/mol. The molecule has 7 nitrogen and oxygen atoms in total. The third kappa shape index (κ3) is 6.49. The fourth-order valence-electron chi connectivity index (χ4n) is 5.33. The van der Waals surface area contributed by atoms with E-state index in [1.807, 2.05) is 56.3 Å². The molecule has 214 valence electrons. The van der Waals surface area contributed by atoms with Crippen LogP contribution in [-0.2, 0) is 6.18 Å². The van der Waals surface area contributed by atoms with Crippen molar-refractivity contribution in [3.05, 3.63) is 106 Å². The molecular weight excluding hydrogens is 529 g/mol. The van der Waals surface area contributed by atoms with Gasteiger partial charge in [0.05, 0.1) is 24.4 Å². The number of nitrogens with zero attached hydrogens (tertiary/aromatic N) is 6. The van der Waals surface area contributed by atoms with E-state index in [-0.39, 0.29) is 0 Å². The summed E-state index contributed by atoms with van der Waals surface area (Å²) in [7, 11) is 1.65. The fourth-order valence-corrected chi connectivity index (χ4v) is 5.33. The van der Waals surface area contributed by atoms with Crippen molar-refractivity contribution in [2.75, 3.05) is 39.8 Å². The Balaban J connectivity index is 1.40. The Morgan fingerprint density at radius 2 is 1.61 bits per heavy atom. The minimum atomic E-state index is -4.45. The van der Waals surface area contributed by atoms with Crippen LogP contribution in [-0.4, -0.2) is 69.8 Å². The van der Waals surface area contributed by atoms with E-state index in [2.05, 4.69) is 37.5 Å². The molecule has 0 saturated carbocycles. The van der Waals surface area contributed by atoms with Gasteiger partial charge in [-0.05, 0) is 70.8 Å². The van der Waals surface area contributed by atoms with Gasteiger partial charge in [-0.2, -0.15) is 17.9 Å². The molecule has 4 aromatic rings. The normalized spacial score (nSPS) is 15.9. The van der Waals surface area contributed by atoms with Gasteiger partial charge in [0.15, 0.2) is 5.82 Å². The molecule has 2 heterocycles. The molecule has 41 heavy (non-hydrogen) atoms. The second-order valence-corrected chi connectivity index (χ2v) is 10.2. The Bertz CT molecular complexity index is 1470. The maximum absolute atomic E-state index is 13.7. The maximum atomic E-state index is 13.7. The average molecular weight is 563 g/mol. The number of hydrogen-bond acceptors (Lipinski definition) is 6. The van der Waals surface area contributed by atoms with Gasteiger partial charge in [0.2, 0.25) is 0 Å². The summed E-state index contributed by atoms with van der Waals surface area (Å²) in [6, 6.07) is 18.7. The average Bonchev–Trinajstić information content (AvgIpc) is 3.43. The number of halogens is 3. The molecule has 10 heteroatoms. The van der Waals surface area contributed by atoms with E-state index in [1.165, 1.54) is 12.1 Å². The van der Waals surface area contributed by atoms with Gasteiger partial charge in [-0.25, -0.2) is 0 Å². The van der Waals surface area contributed by atoms with E-state index >= 15 is 0 Å². The Morgan fingerprint density at radius 1 is 0.927 bits per heavy atom. The van der Waals surface area contributed by atoms with Crippen LogP contribution < -0.4 is 4.74 Å². The second-order valence-electron chi connectivity index (χ2n) is 10.2. The van der Waals surface area contributed by atoms with E-state index in [0.717, 1.165) is 53.8 Å². The lowest BCUT2D eigenvalue weighted by atomic mass is 10.00. The molecule has 1 saturated heterocycles. The number of rotatable bonds is 8. The SMILES string of the molecule is COc1ccc(/C=C/CN2CCN([C@H](c3cccc(C(F)(F)F)c3)c3nnnn3-c3c(C)cccc3C)CC2)cc1. The van der Waals surface area contributed by atoms with E-state index in [0.29, 0.717) is 24.5 Å². The third-order valence-electron chi connectivity index (χ3n) is 7.48. The molecule has 1 aliphatic heterocycles. The largest absolute Gasteiger partial charge is 0.497 e. The first-order valence-electron chi connectivity index (χ1n) is 13.5. The van der Waals surface area contributed by atoms with Gasteiger partial charge >= 0.3 is 6.18 Å². The maximum Gasteiger partial charge on any atom is 0.416 e. The van der Waals surface area contributed by atoms with Gasteiger partial charge in [-0.1, -0.05) is 54.6 Å². The Kier molecular flexibility index (Phi) is 8.51. The van der Waals surface area contributed by atoms with Crippen LogP contribution in [0.25, 0.3) is 11.8 Å². The molecule has 3 aromatic carbocycles. The molecular formula is C31H33F3N6O. The molecule has 1 aliphatic rings. The molecule has 0 aliphatic carbocycles. The van der Waals surface area contributed by atoms with Crippen molar-refractivity contribution in [3.63, 3.8) is 0 Å². The number of benzene rings is 3. The highest BCUT2D eigenvalue weighted by Crippen LogP contribution is 2.35. The molecule has 1 aromatic heterocycles. The standard InChI is InChI=1S/C31H33F3N6O/c1-22-7-4-8-23(2)28(22)40-30(35-36-37-40)29(25-10-5-11-26(21-25)31(32,33)34)39-19-17-38(18-20-39)16-6-9-24-12-14-27(41-3)15-13-24/h4-15,21,29H,16-20H2,1-3H3/b9-6+/t29-/m1/s1. The zero-order chi connectivity index (χ0) is 29.0. The molecule has 1 atom stereocenters. The first-order valence-corrected chi connectivity index (χ1v) is 13.5. The lowest BCUT2D eigenvalue weighted by Gasteiger charge is -2.38. The van der Waals surface area contributed by atoms with Crippen LogP contribution in [0.1, 0.15) is 39.7 Å². The number of alkyl halides is 3. The van der Waals surface area contributed by atoms with E-state index in [4.69, 9.17) is 4.74 Å². The lowest BCUT2D eigenvalue weighted by Crippen LogP contribution is -2.48. The summed E-state index contributed by atoms with van der Waals surface area (Å²) in [6.07, 6.45) is -0.243. The summed E-state index contributed by atoms with van der Waals surface area (Å²) in [5.41, 5.74) is 3.71. The summed E-state index contributed by atoms with van der Waals surface area (Å²) in [6.45, 7) is 7.54. The van der Waals surface area contributed by atoms with E-state index in [9.17, 15) is 13.2 Å². The fraction of sp³-hybridized carbons (Fsp3) is 0.323. The highest BCUT2D eigenvalue weighted by atomic mass is 19.4. The van der Waals surface area contributed by atoms with Crippen LogP contribution in [0.3, 0.4) is 0 Å². The Labute approximate surface area is 237 Å². The molecule has 0 bridgehead atoms. The Hall–Kier alpha value is -4.02. The molecule has 0 amide bonds. The van der Waals surface area contributed by atoms with Crippen molar-refractivity contribution in [1.29, 1.82) is 0 Å². The van der Waals surface area contributed by atoms with Crippen molar-refractivity contribution in [3.8, 4) is 11.4 Å². The van der Waals surface area contributed by atoms with Crippen LogP contribution in [0.15, 0.2) is 72.8 Å². The molecule has 0 N–H and O–H groups in total. The van der Waals surface area contributed by atoms with Crippen LogP contribution >= 0.6 is 0 Å². The first kappa shape index (κ1) is 28.5. The highest BCUT2D eigenvalue weighted by molar-refractivity contribution is 5.51. The zero-order valence-corrected chi connectivity index (χ0v) is 23.3. The number of tetrazole rings is 1. The summed E-state index contributed by atoms with van der Waals surface area (Å²) >= 11 is 0. The number of aryl methyl sites for hydroxylation is 2. The van der Waals surface area contributed by atoms with Crippen LogP contribution in [0.2, 0.25) is 0 Å². The van der Waals surface area contributed by atoms with Gasteiger partial charge in [0.1, 0.15) is 5.75 Å². The first-order chi connectivity index (χ1) is 19.7. The van der Waals surface area contributed by atoms with E-state index in [1.54, 1.807) is 17.9 Å². The number of hydrogen-bond donors (Lipinski definition) is 0. The Morgan fingerprint density at radius 3 is 2.27 bits per heavy atom. The van der Waals surface area contributed by atoms with Crippen LogP contribution in [0.4, 0.5) is 13.2 Å². The predicted molar refractivity (Wildman–Crippen MR) is 152 cm³/mol. The number of para-hydroxylation sites is 1. The van der Waals surface area contributed by atoms with Gasteiger partial charge in [-0.3, -0.25) is 9.80 Å². The van der Waals surface area contributed by atoms with Crippen molar-refractivity contribution < 1.29 is 17.9 Å². The van der Waals surface area contributed by atoms with Gasteiger partial charge < -0.3 is 4.74 Å². The number of ether oxygens (including phenoxy) is 1. The van der Waals surface area contributed by atoms with Crippen LogP contribution in [0.5, 0.6) is 5.75 Å². The van der Waals surface area contributed by atoms with Gasteiger partial charge in [0, 0.05) is 32.7 Å². The third-order valence-corrected chi connectivity index (χ3v) is 7.48. The minimum absolute atomic E-state index is 0.495. The van der Waals surface area contributed by atoms with Crippen molar-refractivity contribution in [2.45, 2.75) is 26.1 Å². The number of methoxy groups -OCH3 is 1. The second kappa shape index (κ2) is 12.2. The summed E-state index contributed by atoms with van der Waals surface area (Å²) in [4.78, 5) is 4.50. The lowest BCUT2D eigenvalue weighted by molar-refractivity contribution is -0.137. The molecule has 1 fully saturated rings. The summed E-state index contributed by atoms with van der Waals surface area (Å²) < 4.78 is 48.1. The molecule has 0 spiro atoms. The molecule has 0 unspecified atom stereocenters. The molecule has 0 radical (unpaired) electrons. The highest BCUT2D eigenvalue weighted by Gasteiger charge is 2.35. The van der Waals surface area contributed by atoms with Crippen molar-refractivity contribution in [1.82, 2.24) is 30.0 Å². The van der Waals surface area contributed by atoms with Crippen molar-refractivity contribution in [2.24, 2.45) is 0 Å². The number of aromatic nitrogens is 4. The molecule has 5 rings (SSSR count).